The molecule has 2 aliphatic rings. The molecule has 0 amide bonds. The first kappa shape index (κ1) is 25.9. The predicted molar refractivity (Wildman–Crippen MR) is 145 cm³/mol. The SMILES string of the molecule is Cc1cc2c(cc1C(C)(C)C)-c1cc(C(C)(C)C)c(C)cc1[CH]2[Zr][C]1=CC(C(C)(C)C)=CC1C. The van der Waals surface area contributed by atoms with E-state index in [0.29, 0.717) is 9.54 Å². The zero-order chi connectivity index (χ0) is 25.4. The first-order valence-electron chi connectivity index (χ1n) is 13.0. The summed E-state index contributed by atoms with van der Waals surface area (Å²) in [7, 11) is 0. The van der Waals surface area contributed by atoms with Gasteiger partial charge in [-0.25, -0.2) is 0 Å². The summed E-state index contributed by atoms with van der Waals surface area (Å²) in [6.45, 7) is 28.3. The fourth-order valence-corrected chi connectivity index (χ4v) is 10.1. The Morgan fingerprint density at radius 2 is 1.09 bits per heavy atom. The minimum absolute atomic E-state index is 0.156. The van der Waals surface area contributed by atoms with E-state index in [1.807, 2.05) is 0 Å². The van der Waals surface area contributed by atoms with Crippen LogP contribution in [0.15, 0.2) is 45.3 Å². The molecule has 0 saturated carbocycles. The van der Waals surface area contributed by atoms with Gasteiger partial charge in [0.2, 0.25) is 0 Å². The van der Waals surface area contributed by atoms with E-state index in [4.69, 9.17) is 0 Å². The Kier molecular flexibility index (Phi) is 6.42. The van der Waals surface area contributed by atoms with Gasteiger partial charge in [-0.15, -0.1) is 0 Å². The van der Waals surface area contributed by atoms with Gasteiger partial charge >= 0.3 is 222 Å². The molecule has 34 heavy (non-hydrogen) atoms. The van der Waals surface area contributed by atoms with Crippen molar-refractivity contribution in [1.29, 1.82) is 0 Å². The van der Waals surface area contributed by atoms with Gasteiger partial charge in [0, 0.05) is 0 Å². The molecule has 0 nitrogen and oxygen atoms in total. The molecule has 0 heterocycles. The second-order valence-electron chi connectivity index (χ2n) is 13.8. The first-order chi connectivity index (χ1) is 15.5. The van der Waals surface area contributed by atoms with Gasteiger partial charge in [0.25, 0.3) is 0 Å². The van der Waals surface area contributed by atoms with Gasteiger partial charge in [-0.3, -0.25) is 0 Å². The van der Waals surface area contributed by atoms with Crippen molar-refractivity contribution in [2.24, 2.45) is 11.3 Å². The average molecular weight is 532 g/mol. The summed E-state index contributed by atoms with van der Waals surface area (Å²) in [6.07, 6.45) is 5.12. The van der Waals surface area contributed by atoms with Crippen LogP contribution in [0.25, 0.3) is 11.1 Å². The molecule has 0 fully saturated rings. The summed E-state index contributed by atoms with van der Waals surface area (Å²) < 4.78 is 2.36. The molecule has 0 bridgehead atoms. The van der Waals surface area contributed by atoms with Crippen molar-refractivity contribution in [3.63, 3.8) is 0 Å². The molecular weight excluding hydrogens is 488 g/mol. The van der Waals surface area contributed by atoms with Gasteiger partial charge in [-0.1, -0.05) is 0 Å². The van der Waals surface area contributed by atoms with Crippen molar-refractivity contribution >= 4 is 0 Å². The maximum atomic E-state index is 2.58. The van der Waals surface area contributed by atoms with E-state index in [-0.39, 0.29) is 16.2 Å². The summed E-state index contributed by atoms with van der Waals surface area (Å²) >= 11 is -0.868. The van der Waals surface area contributed by atoms with E-state index in [2.05, 4.69) is 120 Å². The number of hydrogen-bond donors (Lipinski definition) is 0. The molecule has 2 aromatic rings. The molecule has 0 aliphatic heterocycles. The molecule has 0 aromatic heterocycles. The van der Waals surface area contributed by atoms with Crippen LogP contribution in [0, 0.1) is 25.2 Å². The second kappa shape index (κ2) is 8.44. The number of hydrogen-bond acceptors (Lipinski definition) is 0. The summed E-state index contributed by atoms with van der Waals surface area (Å²) in [5.74, 6) is 0.596. The standard InChI is InChI=1S/C23H29.C10H15.Zr/c1-14-9-16-11-17-10-15(2)21(23(6,7)8)13-19(17)18(16)12-20(14)22(3,4)5;1-8-5-6-9(7-8)10(2,3)4;/h9-13H,1-8H3;6-8H,1-4H3;. The zero-order valence-corrected chi connectivity index (χ0v) is 26.1. The van der Waals surface area contributed by atoms with E-state index in [1.54, 1.807) is 14.4 Å². The average Bonchev–Trinajstić information content (AvgIpc) is 3.17. The number of aryl methyl sites for hydroxylation is 2. The van der Waals surface area contributed by atoms with Crippen LogP contribution in [0.2, 0.25) is 0 Å². The Morgan fingerprint density at radius 1 is 0.647 bits per heavy atom. The maximum absolute atomic E-state index is 2.58. The van der Waals surface area contributed by atoms with Crippen LogP contribution in [-0.2, 0) is 34.1 Å². The number of allylic oxidation sites excluding steroid dienone is 4. The van der Waals surface area contributed by atoms with E-state index >= 15 is 0 Å². The summed E-state index contributed by atoms with van der Waals surface area (Å²) in [5.41, 5.74) is 14.2. The molecule has 2 aromatic carbocycles. The fourth-order valence-electron chi connectivity index (χ4n) is 5.86. The van der Waals surface area contributed by atoms with Gasteiger partial charge in [-0.05, 0) is 0 Å². The van der Waals surface area contributed by atoms with Crippen LogP contribution in [0.5, 0.6) is 0 Å². The molecule has 2 aliphatic carbocycles. The molecule has 0 saturated heterocycles. The monoisotopic (exact) mass is 530 g/mol. The van der Waals surface area contributed by atoms with Crippen LogP contribution in [0.1, 0.15) is 106 Å². The molecule has 0 radical (unpaired) electrons. The number of fused-ring (bicyclic) bond motifs is 3. The minimum atomic E-state index is -0.868. The third-order valence-corrected chi connectivity index (χ3v) is 12.3. The molecule has 1 heteroatoms. The molecule has 1 unspecified atom stereocenters. The summed E-state index contributed by atoms with van der Waals surface area (Å²) in [6, 6.07) is 10.2. The van der Waals surface area contributed by atoms with Crippen LogP contribution in [0.3, 0.4) is 0 Å². The molecule has 0 N–H and O–H groups in total. The van der Waals surface area contributed by atoms with E-state index in [1.165, 1.54) is 39.0 Å². The molecule has 4 rings (SSSR count). The van der Waals surface area contributed by atoms with Crippen LogP contribution in [-0.4, -0.2) is 0 Å². The van der Waals surface area contributed by atoms with Gasteiger partial charge in [-0.2, -0.15) is 0 Å². The van der Waals surface area contributed by atoms with E-state index < -0.39 is 23.2 Å². The van der Waals surface area contributed by atoms with Crippen molar-refractivity contribution in [2.45, 2.75) is 97.5 Å². The normalized spacial score (nSPS) is 18.5. The third kappa shape index (κ3) is 4.64. The number of rotatable bonds is 2. The van der Waals surface area contributed by atoms with Gasteiger partial charge in [0.1, 0.15) is 0 Å². The molecule has 180 valence electrons. The zero-order valence-electron chi connectivity index (χ0n) is 23.6. The van der Waals surface area contributed by atoms with Crippen LogP contribution >= 0.6 is 0 Å². The van der Waals surface area contributed by atoms with Crippen molar-refractivity contribution in [1.82, 2.24) is 0 Å². The molecular formula is C33H44Zr. The summed E-state index contributed by atoms with van der Waals surface area (Å²) in [5, 5.41) is 0. The van der Waals surface area contributed by atoms with Crippen molar-refractivity contribution in [3.8, 4) is 11.1 Å². The van der Waals surface area contributed by atoms with Crippen LogP contribution in [0.4, 0.5) is 0 Å². The topological polar surface area (TPSA) is 0 Å². The van der Waals surface area contributed by atoms with Gasteiger partial charge in [0.15, 0.2) is 0 Å². The van der Waals surface area contributed by atoms with E-state index in [0.717, 1.165) is 0 Å². The Morgan fingerprint density at radius 3 is 1.44 bits per heavy atom. The van der Waals surface area contributed by atoms with E-state index in [9.17, 15) is 0 Å². The predicted octanol–water partition coefficient (Wildman–Crippen LogP) is 9.56. The molecule has 1 atom stereocenters. The summed E-state index contributed by atoms with van der Waals surface area (Å²) in [4.78, 5) is 0. The Bertz CT molecular complexity index is 1130. The third-order valence-electron chi connectivity index (χ3n) is 7.73. The Hall–Kier alpha value is -1.20. The first-order valence-corrected chi connectivity index (χ1v) is 15.6. The Balaban J connectivity index is 1.89. The Labute approximate surface area is 220 Å². The quantitative estimate of drug-likeness (QED) is 0.362. The van der Waals surface area contributed by atoms with Crippen LogP contribution < -0.4 is 0 Å². The van der Waals surface area contributed by atoms with Crippen molar-refractivity contribution < 1.29 is 23.2 Å². The van der Waals surface area contributed by atoms with Gasteiger partial charge < -0.3 is 0 Å². The van der Waals surface area contributed by atoms with Gasteiger partial charge in [0.05, 0.1) is 0 Å². The van der Waals surface area contributed by atoms with Crippen molar-refractivity contribution in [2.75, 3.05) is 0 Å². The van der Waals surface area contributed by atoms with Crippen molar-refractivity contribution in [3.05, 3.63) is 78.7 Å². The molecule has 0 spiro atoms. The fraction of sp³-hybridized carbons (Fsp3) is 0.515. The number of benzene rings is 2. The second-order valence-corrected chi connectivity index (χ2v) is 17.4.